The Morgan fingerprint density at radius 2 is 2.05 bits per heavy atom. The van der Waals surface area contributed by atoms with Crippen LogP contribution in [0.4, 0.5) is 0 Å². The van der Waals surface area contributed by atoms with Crippen molar-refractivity contribution in [1.82, 2.24) is 9.88 Å². The molecule has 1 aromatic heterocycles. The van der Waals surface area contributed by atoms with Crippen molar-refractivity contribution in [2.75, 3.05) is 7.05 Å². The molecule has 0 bridgehead atoms. The molecule has 0 saturated carbocycles. The topological polar surface area (TPSA) is 53.4 Å². The zero-order chi connectivity index (χ0) is 14.4. The number of phenolic OH excluding ortho intramolecular Hbond substituents is 1. The van der Waals surface area contributed by atoms with E-state index in [0.717, 1.165) is 11.1 Å². The lowest BCUT2D eigenvalue weighted by atomic mass is 10.1. The van der Waals surface area contributed by atoms with Crippen molar-refractivity contribution in [2.24, 2.45) is 0 Å². The Hall–Kier alpha value is -2.36. The molecule has 4 nitrogen and oxygen atoms in total. The summed E-state index contributed by atoms with van der Waals surface area (Å²) >= 11 is 0. The molecule has 0 atom stereocenters. The van der Waals surface area contributed by atoms with Crippen molar-refractivity contribution in [1.29, 1.82) is 0 Å². The van der Waals surface area contributed by atoms with Crippen LogP contribution in [0.5, 0.6) is 5.75 Å². The van der Waals surface area contributed by atoms with Crippen molar-refractivity contribution in [3.63, 3.8) is 0 Å². The summed E-state index contributed by atoms with van der Waals surface area (Å²) in [5.41, 5.74) is 1.81. The minimum absolute atomic E-state index is 0.0529. The van der Waals surface area contributed by atoms with Crippen LogP contribution >= 0.6 is 0 Å². The van der Waals surface area contributed by atoms with E-state index in [-0.39, 0.29) is 11.7 Å². The summed E-state index contributed by atoms with van der Waals surface area (Å²) in [5.74, 6) is 0.298. The number of pyridine rings is 1. The summed E-state index contributed by atoms with van der Waals surface area (Å²) in [6.07, 6.45) is 4.40. The van der Waals surface area contributed by atoms with Crippen molar-refractivity contribution in [3.05, 3.63) is 59.9 Å². The number of phenols is 1. The van der Waals surface area contributed by atoms with Crippen LogP contribution in [0.25, 0.3) is 0 Å². The molecule has 4 heteroatoms. The third-order valence-electron chi connectivity index (χ3n) is 3.17. The molecule has 1 N–H and O–H groups in total. The number of para-hydroxylation sites is 1. The number of carbonyl (C=O) groups is 1. The summed E-state index contributed by atoms with van der Waals surface area (Å²) in [6.45, 7) is 0.549. The summed E-state index contributed by atoms with van der Waals surface area (Å²) in [4.78, 5) is 17.8. The van der Waals surface area contributed by atoms with E-state index in [4.69, 9.17) is 0 Å². The standard InChI is InChI=1S/C16H18N2O2/c1-18(12-13-5-4-10-17-11-13)16(20)9-8-14-6-2-3-7-15(14)19/h2-7,10-11,19H,8-9,12H2,1H3. The number of carbonyl (C=O) groups excluding carboxylic acids is 1. The maximum atomic E-state index is 12.1. The lowest BCUT2D eigenvalue weighted by Gasteiger charge is -2.17. The molecule has 0 aliphatic rings. The van der Waals surface area contributed by atoms with Crippen molar-refractivity contribution < 1.29 is 9.90 Å². The number of hydrogen-bond donors (Lipinski definition) is 1. The lowest BCUT2D eigenvalue weighted by molar-refractivity contribution is -0.130. The van der Waals surface area contributed by atoms with Crippen LogP contribution in [0.2, 0.25) is 0 Å². The van der Waals surface area contributed by atoms with Gasteiger partial charge in [0.15, 0.2) is 0 Å². The van der Waals surface area contributed by atoms with E-state index in [0.29, 0.717) is 19.4 Å². The monoisotopic (exact) mass is 270 g/mol. The van der Waals surface area contributed by atoms with Gasteiger partial charge in [0, 0.05) is 32.4 Å². The summed E-state index contributed by atoms with van der Waals surface area (Å²) < 4.78 is 0. The number of aryl methyl sites for hydroxylation is 1. The Bertz CT molecular complexity index is 570. The van der Waals surface area contributed by atoms with E-state index in [1.807, 2.05) is 24.3 Å². The fourth-order valence-corrected chi connectivity index (χ4v) is 2.01. The van der Waals surface area contributed by atoms with Gasteiger partial charge in [-0.2, -0.15) is 0 Å². The molecule has 104 valence electrons. The summed E-state index contributed by atoms with van der Waals surface area (Å²) in [5, 5.41) is 9.66. The van der Waals surface area contributed by atoms with Crippen LogP contribution in [0.3, 0.4) is 0 Å². The number of aromatic hydroxyl groups is 1. The Morgan fingerprint density at radius 1 is 1.25 bits per heavy atom. The SMILES string of the molecule is CN(Cc1cccnc1)C(=O)CCc1ccccc1O. The second-order valence-corrected chi connectivity index (χ2v) is 4.74. The van der Waals surface area contributed by atoms with Crippen LogP contribution in [0.1, 0.15) is 17.5 Å². The Balaban J connectivity index is 1.87. The van der Waals surface area contributed by atoms with Gasteiger partial charge in [-0.25, -0.2) is 0 Å². The Labute approximate surface area is 118 Å². The quantitative estimate of drug-likeness (QED) is 0.907. The third kappa shape index (κ3) is 3.82. The average molecular weight is 270 g/mol. The van der Waals surface area contributed by atoms with Gasteiger partial charge in [0.1, 0.15) is 5.75 Å². The minimum Gasteiger partial charge on any atom is -0.508 e. The number of nitrogens with zero attached hydrogens (tertiary/aromatic N) is 2. The molecule has 0 saturated heterocycles. The molecule has 0 fully saturated rings. The predicted octanol–water partition coefficient (Wildman–Crippen LogP) is 2.38. The second kappa shape index (κ2) is 6.70. The van der Waals surface area contributed by atoms with Crippen molar-refractivity contribution in [3.8, 4) is 5.75 Å². The van der Waals surface area contributed by atoms with Gasteiger partial charge < -0.3 is 10.0 Å². The zero-order valence-electron chi connectivity index (χ0n) is 11.5. The molecular weight excluding hydrogens is 252 g/mol. The minimum atomic E-state index is 0.0529. The van der Waals surface area contributed by atoms with Gasteiger partial charge >= 0.3 is 0 Å². The van der Waals surface area contributed by atoms with Gasteiger partial charge in [0.2, 0.25) is 5.91 Å². The first-order chi connectivity index (χ1) is 9.66. The van der Waals surface area contributed by atoms with Gasteiger partial charge in [0.05, 0.1) is 0 Å². The maximum absolute atomic E-state index is 12.1. The molecule has 2 rings (SSSR count). The molecule has 0 unspecified atom stereocenters. The molecule has 1 amide bonds. The van der Waals surface area contributed by atoms with Crippen LogP contribution < -0.4 is 0 Å². The van der Waals surface area contributed by atoms with E-state index in [1.54, 1.807) is 36.5 Å². The van der Waals surface area contributed by atoms with Gasteiger partial charge in [-0.15, -0.1) is 0 Å². The fourth-order valence-electron chi connectivity index (χ4n) is 2.01. The first-order valence-corrected chi connectivity index (χ1v) is 6.56. The van der Waals surface area contributed by atoms with Gasteiger partial charge in [-0.3, -0.25) is 9.78 Å². The van der Waals surface area contributed by atoms with Gasteiger partial charge in [-0.1, -0.05) is 24.3 Å². The van der Waals surface area contributed by atoms with Crippen LogP contribution in [-0.4, -0.2) is 27.9 Å². The maximum Gasteiger partial charge on any atom is 0.222 e. The molecule has 2 aromatic rings. The number of hydrogen-bond acceptors (Lipinski definition) is 3. The molecular formula is C16H18N2O2. The van der Waals surface area contributed by atoms with Crippen molar-refractivity contribution in [2.45, 2.75) is 19.4 Å². The molecule has 1 aromatic carbocycles. The number of amides is 1. The molecule has 0 radical (unpaired) electrons. The average Bonchev–Trinajstić information content (AvgIpc) is 2.47. The summed E-state index contributed by atoms with van der Waals surface area (Å²) in [7, 11) is 1.78. The van der Waals surface area contributed by atoms with Gasteiger partial charge in [-0.05, 0) is 29.7 Å². The van der Waals surface area contributed by atoms with Gasteiger partial charge in [0.25, 0.3) is 0 Å². The van der Waals surface area contributed by atoms with E-state index in [9.17, 15) is 9.90 Å². The molecule has 1 heterocycles. The third-order valence-corrected chi connectivity index (χ3v) is 3.17. The molecule has 20 heavy (non-hydrogen) atoms. The summed E-state index contributed by atoms with van der Waals surface area (Å²) in [6, 6.07) is 10.9. The largest absolute Gasteiger partial charge is 0.508 e. The highest BCUT2D eigenvalue weighted by molar-refractivity contribution is 5.76. The Kier molecular flexibility index (Phi) is 4.71. The highest BCUT2D eigenvalue weighted by atomic mass is 16.3. The first-order valence-electron chi connectivity index (χ1n) is 6.56. The van der Waals surface area contributed by atoms with Crippen LogP contribution in [0, 0.1) is 0 Å². The Morgan fingerprint density at radius 3 is 2.75 bits per heavy atom. The van der Waals surface area contributed by atoms with E-state index in [2.05, 4.69) is 4.98 Å². The fraction of sp³-hybridized carbons (Fsp3) is 0.250. The van der Waals surface area contributed by atoms with Crippen LogP contribution in [-0.2, 0) is 17.8 Å². The predicted molar refractivity (Wildman–Crippen MR) is 77.1 cm³/mol. The normalized spacial score (nSPS) is 10.2. The second-order valence-electron chi connectivity index (χ2n) is 4.74. The molecule has 0 aliphatic carbocycles. The smallest absolute Gasteiger partial charge is 0.222 e. The number of aromatic nitrogens is 1. The molecule has 0 aliphatic heterocycles. The number of rotatable bonds is 5. The van der Waals surface area contributed by atoms with E-state index < -0.39 is 0 Å². The van der Waals surface area contributed by atoms with Crippen LogP contribution in [0.15, 0.2) is 48.8 Å². The highest BCUT2D eigenvalue weighted by Gasteiger charge is 2.10. The molecule has 0 spiro atoms. The zero-order valence-corrected chi connectivity index (χ0v) is 11.5. The number of benzene rings is 1. The first kappa shape index (κ1) is 14.1. The highest BCUT2D eigenvalue weighted by Crippen LogP contribution is 2.17. The van der Waals surface area contributed by atoms with E-state index >= 15 is 0 Å². The van der Waals surface area contributed by atoms with E-state index in [1.165, 1.54) is 0 Å². The lowest BCUT2D eigenvalue weighted by Crippen LogP contribution is -2.26. The van der Waals surface area contributed by atoms with Crippen molar-refractivity contribution >= 4 is 5.91 Å².